The van der Waals surface area contributed by atoms with Gasteiger partial charge in [0.1, 0.15) is 5.75 Å². The predicted molar refractivity (Wildman–Crippen MR) is 192 cm³/mol. The molecule has 0 aliphatic heterocycles. The second kappa shape index (κ2) is 15.0. The summed E-state index contributed by atoms with van der Waals surface area (Å²) >= 11 is 6.58. The van der Waals surface area contributed by atoms with Gasteiger partial charge in [0, 0.05) is 41.0 Å². The van der Waals surface area contributed by atoms with E-state index in [2.05, 4.69) is 33.6 Å². The lowest BCUT2D eigenvalue weighted by molar-refractivity contribution is 0.0684. The third-order valence-electron chi connectivity index (χ3n) is 8.45. The van der Waals surface area contributed by atoms with E-state index in [4.69, 9.17) is 16.3 Å². The van der Waals surface area contributed by atoms with Crippen molar-refractivity contribution in [2.75, 3.05) is 13.2 Å². The first kappa shape index (κ1) is 34.4. The zero-order chi connectivity index (χ0) is 35.3. The molecule has 0 aliphatic carbocycles. The molecule has 11 heteroatoms. The summed E-state index contributed by atoms with van der Waals surface area (Å²) in [5.74, 6) is -1.86. The number of fused-ring (bicyclic) bond motifs is 1. The smallest absolute Gasteiger partial charge is 0.337 e. The molecule has 6 aromatic rings. The van der Waals surface area contributed by atoms with E-state index in [9.17, 15) is 28.2 Å². The Bertz CT molecular complexity index is 2220. The fourth-order valence-electron chi connectivity index (χ4n) is 6.24. The number of halogens is 1. The van der Waals surface area contributed by atoms with E-state index < -0.39 is 22.0 Å². The molecule has 0 bridgehead atoms. The molecular formula is C39H33ClN2O7S. The molecule has 0 spiro atoms. The lowest BCUT2D eigenvalue weighted by Crippen LogP contribution is -2.28. The number of nitrogens with zero attached hydrogens (tertiary/aromatic N) is 1. The summed E-state index contributed by atoms with van der Waals surface area (Å²) in [6.07, 6.45) is 0.671. The summed E-state index contributed by atoms with van der Waals surface area (Å²) in [5, 5.41) is 20.3. The van der Waals surface area contributed by atoms with Crippen LogP contribution in [0.3, 0.4) is 0 Å². The quantitative estimate of drug-likeness (QED) is 0.107. The van der Waals surface area contributed by atoms with Gasteiger partial charge < -0.3 is 19.5 Å². The van der Waals surface area contributed by atoms with Gasteiger partial charge in [-0.15, -0.1) is 0 Å². The van der Waals surface area contributed by atoms with Gasteiger partial charge in [0.05, 0.1) is 28.7 Å². The van der Waals surface area contributed by atoms with Gasteiger partial charge in [0.2, 0.25) is 10.0 Å². The van der Waals surface area contributed by atoms with Gasteiger partial charge in [0.15, 0.2) is 0 Å². The summed E-state index contributed by atoms with van der Waals surface area (Å²) in [6.45, 7) is 0.214. The summed E-state index contributed by atoms with van der Waals surface area (Å²) < 4.78 is 37.8. The van der Waals surface area contributed by atoms with E-state index in [-0.39, 0.29) is 41.6 Å². The molecule has 0 amide bonds. The van der Waals surface area contributed by atoms with Crippen LogP contribution in [0, 0.1) is 0 Å². The number of sulfonamides is 1. The number of carboxylic acids is 2. The lowest BCUT2D eigenvalue weighted by atomic mass is 9.97. The van der Waals surface area contributed by atoms with Crippen molar-refractivity contribution < 1.29 is 33.0 Å². The fraction of sp³-hybridized carbons (Fsp3) is 0.128. The standard InChI is InChI=1S/C39H33ClN2O7S/c40-29-17-20-34-33(25-29)31(22-24-49-30-18-15-28(16-19-30)38(43)44)35(21-23-41-50(47,48)36-14-8-7-13-32(36)39(45)46)42(34)37(26-9-3-1-4-10-26)27-11-5-2-6-12-27/h1-20,25,37,41H,21-24H2,(H,43,44)(H,45,46). The molecule has 9 nitrogen and oxygen atoms in total. The van der Waals surface area contributed by atoms with E-state index in [0.29, 0.717) is 17.2 Å². The van der Waals surface area contributed by atoms with E-state index in [0.717, 1.165) is 33.3 Å². The van der Waals surface area contributed by atoms with Crippen molar-refractivity contribution in [1.29, 1.82) is 0 Å². The molecular weight excluding hydrogens is 676 g/mol. The van der Waals surface area contributed by atoms with Gasteiger partial charge in [-0.25, -0.2) is 22.7 Å². The van der Waals surface area contributed by atoms with Gasteiger partial charge in [-0.3, -0.25) is 0 Å². The molecule has 6 rings (SSSR count). The van der Waals surface area contributed by atoms with Crippen molar-refractivity contribution in [3.05, 3.63) is 166 Å². The number of carbonyl (C=O) groups is 2. The maximum atomic E-state index is 13.5. The third-order valence-corrected chi connectivity index (χ3v) is 10.2. The van der Waals surface area contributed by atoms with Gasteiger partial charge in [-0.05, 0) is 71.3 Å². The van der Waals surface area contributed by atoms with Crippen LogP contribution < -0.4 is 9.46 Å². The van der Waals surface area contributed by atoms with Crippen LogP contribution in [0.4, 0.5) is 0 Å². The minimum atomic E-state index is -4.18. The van der Waals surface area contributed by atoms with Crippen molar-refractivity contribution in [3.8, 4) is 5.75 Å². The molecule has 1 heterocycles. The van der Waals surface area contributed by atoms with E-state index in [1.807, 2.05) is 54.6 Å². The van der Waals surface area contributed by atoms with Crippen molar-refractivity contribution >= 4 is 44.5 Å². The number of hydrogen-bond donors (Lipinski definition) is 3. The van der Waals surface area contributed by atoms with Gasteiger partial charge in [0.25, 0.3) is 0 Å². The molecule has 0 unspecified atom stereocenters. The average molecular weight is 709 g/mol. The molecule has 1 aromatic heterocycles. The zero-order valence-corrected chi connectivity index (χ0v) is 28.3. The van der Waals surface area contributed by atoms with Crippen LogP contribution in [0.5, 0.6) is 5.75 Å². The van der Waals surface area contributed by atoms with Crippen molar-refractivity contribution in [2.24, 2.45) is 0 Å². The fourth-order valence-corrected chi connectivity index (χ4v) is 7.64. The van der Waals surface area contributed by atoms with Crippen LogP contribution in [0.2, 0.25) is 5.02 Å². The highest BCUT2D eigenvalue weighted by atomic mass is 35.5. The van der Waals surface area contributed by atoms with Crippen molar-refractivity contribution in [3.63, 3.8) is 0 Å². The number of aromatic nitrogens is 1. The third kappa shape index (κ3) is 7.42. The zero-order valence-electron chi connectivity index (χ0n) is 26.7. The van der Waals surface area contributed by atoms with E-state index in [1.54, 1.807) is 12.1 Å². The summed E-state index contributed by atoms with van der Waals surface area (Å²) in [6, 6.07) is 37.1. The molecule has 0 atom stereocenters. The Morgan fingerprint density at radius 3 is 2.00 bits per heavy atom. The SMILES string of the molecule is O=C(O)c1ccc(OCCc2c(CCNS(=O)(=O)c3ccccc3C(=O)O)n(C(c3ccccc3)c3ccccc3)c3ccc(Cl)cc23)cc1. The summed E-state index contributed by atoms with van der Waals surface area (Å²) in [4.78, 5) is 22.8. The Labute approximate surface area is 294 Å². The molecule has 254 valence electrons. The normalized spacial score (nSPS) is 11.6. The number of ether oxygens (including phenoxy) is 1. The number of nitrogens with one attached hydrogen (secondary N) is 1. The topological polar surface area (TPSA) is 135 Å². The molecule has 3 N–H and O–H groups in total. The van der Waals surface area contributed by atoms with Gasteiger partial charge >= 0.3 is 11.9 Å². The second-order valence-corrected chi connectivity index (χ2v) is 13.7. The number of rotatable bonds is 14. The van der Waals surface area contributed by atoms with E-state index >= 15 is 0 Å². The number of aromatic carboxylic acids is 2. The monoisotopic (exact) mass is 708 g/mol. The van der Waals surface area contributed by atoms with Crippen molar-refractivity contribution in [2.45, 2.75) is 23.8 Å². The second-order valence-electron chi connectivity index (χ2n) is 11.6. The summed E-state index contributed by atoms with van der Waals surface area (Å²) in [5.41, 5.74) is 4.52. The number of hydrogen-bond acceptors (Lipinski definition) is 5. The van der Waals surface area contributed by atoms with Crippen LogP contribution in [-0.4, -0.2) is 48.3 Å². The van der Waals surface area contributed by atoms with E-state index in [1.165, 1.54) is 36.4 Å². The predicted octanol–water partition coefficient (Wildman–Crippen LogP) is 7.47. The number of benzene rings is 5. The lowest BCUT2D eigenvalue weighted by Gasteiger charge is -2.25. The van der Waals surface area contributed by atoms with Crippen LogP contribution in [0.15, 0.2) is 132 Å². The largest absolute Gasteiger partial charge is 0.493 e. The van der Waals surface area contributed by atoms with Crippen LogP contribution >= 0.6 is 11.6 Å². The number of carboxylic acid groups (broad SMARTS) is 2. The molecule has 0 fully saturated rings. The Kier molecular flexibility index (Phi) is 10.3. The summed E-state index contributed by atoms with van der Waals surface area (Å²) in [7, 11) is -4.18. The molecule has 0 aliphatic rings. The molecule has 5 aromatic carbocycles. The minimum Gasteiger partial charge on any atom is -0.493 e. The van der Waals surface area contributed by atoms with Crippen LogP contribution in [0.25, 0.3) is 10.9 Å². The first-order chi connectivity index (χ1) is 24.1. The average Bonchev–Trinajstić information content (AvgIpc) is 3.40. The minimum absolute atomic E-state index is 0.0266. The molecule has 0 saturated carbocycles. The highest BCUT2D eigenvalue weighted by Gasteiger charge is 2.27. The molecule has 0 saturated heterocycles. The highest BCUT2D eigenvalue weighted by Crippen LogP contribution is 2.38. The van der Waals surface area contributed by atoms with Crippen LogP contribution in [-0.2, 0) is 22.9 Å². The maximum absolute atomic E-state index is 13.5. The Hall–Kier alpha value is -5.42. The first-order valence-electron chi connectivity index (χ1n) is 15.8. The Balaban J connectivity index is 1.44. The Morgan fingerprint density at radius 1 is 0.760 bits per heavy atom. The van der Waals surface area contributed by atoms with Gasteiger partial charge in [-0.2, -0.15) is 0 Å². The molecule has 50 heavy (non-hydrogen) atoms. The maximum Gasteiger partial charge on any atom is 0.337 e. The van der Waals surface area contributed by atoms with Crippen LogP contribution in [0.1, 0.15) is 49.1 Å². The molecule has 0 radical (unpaired) electrons. The Morgan fingerprint density at radius 2 is 1.38 bits per heavy atom. The first-order valence-corrected chi connectivity index (χ1v) is 17.7. The van der Waals surface area contributed by atoms with Gasteiger partial charge in [-0.1, -0.05) is 84.4 Å². The van der Waals surface area contributed by atoms with Crippen molar-refractivity contribution in [1.82, 2.24) is 9.29 Å². The highest BCUT2D eigenvalue weighted by molar-refractivity contribution is 7.89.